The fourth-order valence-electron chi connectivity index (χ4n) is 3.86. The van der Waals surface area contributed by atoms with Gasteiger partial charge in [-0.2, -0.15) is 0 Å². The Hall–Kier alpha value is -4.53. The predicted molar refractivity (Wildman–Crippen MR) is 140 cm³/mol. The molecule has 9 nitrogen and oxygen atoms in total. The van der Waals surface area contributed by atoms with E-state index in [1.807, 2.05) is 63.2 Å². The van der Waals surface area contributed by atoms with Gasteiger partial charge in [0.25, 0.3) is 0 Å². The van der Waals surface area contributed by atoms with E-state index in [1.165, 1.54) is 6.33 Å². The normalized spacial score (nSPS) is 10.9. The SMILES string of the molecule is CCN(c1ncnc(Nc2ccc(C(=O)OCC(C)C)cc2)c1[N+](=O)[O-])c1cccc2ccccc12. The lowest BCUT2D eigenvalue weighted by Gasteiger charge is -2.24. The van der Waals surface area contributed by atoms with Crippen molar-refractivity contribution in [2.75, 3.05) is 23.4 Å². The highest BCUT2D eigenvalue weighted by Crippen LogP contribution is 2.39. The zero-order valence-corrected chi connectivity index (χ0v) is 20.3. The molecule has 3 aromatic carbocycles. The number of ether oxygens (including phenoxy) is 1. The highest BCUT2D eigenvalue weighted by atomic mass is 16.6. The lowest BCUT2D eigenvalue weighted by Crippen LogP contribution is -2.20. The van der Waals surface area contributed by atoms with E-state index in [9.17, 15) is 14.9 Å². The van der Waals surface area contributed by atoms with Gasteiger partial charge in [0.05, 0.1) is 22.8 Å². The molecular weight excluding hydrogens is 458 g/mol. The molecule has 4 rings (SSSR count). The van der Waals surface area contributed by atoms with Crippen LogP contribution < -0.4 is 10.2 Å². The van der Waals surface area contributed by atoms with Crippen LogP contribution in [0.1, 0.15) is 31.1 Å². The van der Waals surface area contributed by atoms with Gasteiger partial charge in [-0.25, -0.2) is 14.8 Å². The van der Waals surface area contributed by atoms with Crippen LogP contribution in [0, 0.1) is 16.0 Å². The maximum absolute atomic E-state index is 12.2. The second-order valence-electron chi connectivity index (χ2n) is 8.59. The van der Waals surface area contributed by atoms with Crippen molar-refractivity contribution < 1.29 is 14.5 Å². The van der Waals surface area contributed by atoms with Crippen LogP contribution >= 0.6 is 0 Å². The van der Waals surface area contributed by atoms with Gasteiger partial charge in [0, 0.05) is 17.6 Å². The Morgan fingerprint density at radius 3 is 2.47 bits per heavy atom. The van der Waals surface area contributed by atoms with E-state index in [0.717, 1.165) is 16.5 Å². The summed E-state index contributed by atoms with van der Waals surface area (Å²) in [5.41, 5.74) is 1.50. The number of nitro groups is 1. The molecule has 0 saturated heterocycles. The van der Waals surface area contributed by atoms with Crippen molar-refractivity contribution in [3.8, 4) is 0 Å². The van der Waals surface area contributed by atoms with E-state index in [2.05, 4.69) is 15.3 Å². The standard InChI is InChI=1S/C27H27N5O4/c1-4-31(23-11-7-9-19-8-5-6-10-22(19)23)26-24(32(34)35)25(28-17-29-26)30-21-14-12-20(13-15-21)27(33)36-16-18(2)3/h5-15,17-18H,4,16H2,1-3H3,(H,28,29,30). The molecule has 0 spiro atoms. The Morgan fingerprint density at radius 2 is 1.78 bits per heavy atom. The van der Waals surface area contributed by atoms with Crippen LogP contribution in [0.2, 0.25) is 0 Å². The summed E-state index contributed by atoms with van der Waals surface area (Å²) < 4.78 is 5.25. The van der Waals surface area contributed by atoms with Gasteiger partial charge in [-0.05, 0) is 48.6 Å². The molecule has 184 valence electrons. The Kier molecular flexibility index (Phi) is 7.39. The molecule has 0 atom stereocenters. The van der Waals surface area contributed by atoms with E-state index < -0.39 is 10.9 Å². The van der Waals surface area contributed by atoms with Gasteiger partial charge in [0.15, 0.2) is 0 Å². The predicted octanol–water partition coefficient (Wildman–Crippen LogP) is 6.25. The van der Waals surface area contributed by atoms with Gasteiger partial charge in [0.2, 0.25) is 11.6 Å². The molecule has 36 heavy (non-hydrogen) atoms. The lowest BCUT2D eigenvalue weighted by atomic mass is 10.1. The maximum atomic E-state index is 12.2. The maximum Gasteiger partial charge on any atom is 0.354 e. The fraction of sp³-hybridized carbons (Fsp3) is 0.222. The summed E-state index contributed by atoms with van der Waals surface area (Å²) in [5, 5.41) is 17.2. The summed E-state index contributed by atoms with van der Waals surface area (Å²) >= 11 is 0. The van der Waals surface area contributed by atoms with Crippen LogP contribution in [0.5, 0.6) is 0 Å². The van der Waals surface area contributed by atoms with Gasteiger partial charge in [-0.1, -0.05) is 50.2 Å². The third-order valence-corrected chi connectivity index (χ3v) is 5.55. The van der Waals surface area contributed by atoms with Crippen LogP contribution in [-0.4, -0.2) is 34.0 Å². The third kappa shape index (κ3) is 5.25. The van der Waals surface area contributed by atoms with E-state index in [-0.39, 0.29) is 23.2 Å². The van der Waals surface area contributed by atoms with Crippen molar-refractivity contribution in [2.45, 2.75) is 20.8 Å². The van der Waals surface area contributed by atoms with Crippen LogP contribution in [-0.2, 0) is 4.74 Å². The minimum Gasteiger partial charge on any atom is -0.462 e. The number of hydrogen-bond donors (Lipinski definition) is 1. The number of carbonyl (C=O) groups is 1. The smallest absolute Gasteiger partial charge is 0.354 e. The molecule has 9 heteroatoms. The molecule has 0 fully saturated rings. The Bertz CT molecular complexity index is 1380. The summed E-state index contributed by atoms with van der Waals surface area (Å²) in [7, 11) is 0. The van der Waals surface area contributed by atoms with Gasteiger partial charge in [-0.15, -0.1) is 0 Å². The second-order valence-corrected chi connectivity index (χ2v) is 8.59. The number of benzene rings is 3. The Labute approximate surface area is 208 Å². The summed E-state index contributed by atoms with van der Waals surface area (Å²) in [6.45, 7) is 6.63. The Balaban J connectivity index is 1.67. The quantitative estimate of drug-likeness (QED) is 0.168. The van der Waals surface area contributed by atoms with Crippen molar-refractivity contribution >= 4 is 45.4 Å². The van der Waals surface area contributed by atoms with E-state index >= 15 is 0 Å². The van der Waals surface area contributed by atoms with Crippen molar-refractivity contribution in [1.29, 1.82) is 0 Å². The highest BCUT2D eigenvalue weighted by Gasteiger charge is 2.28. The fourth-order valence-corrected chi connectivity index (χ4v) is 3.86. The third-order valence-electron chi connectivity index (χ3n) is 5.55. The number of esters is 1. The van der Waals surface area contributed by atoms with E-state index in [4.69, 9.17) is 4.74 Å². The molecule has 0 amide bonds. The van der Waals surface area contributed by atoms with Crippen LogP contribution in [0.25, 0.3) is 10.8 Å². The Morgan fingerprint density at radius 1 is 1.06 bits per heavy atom. The number of fused-ring (bicyclic) bond motifs is 1. The molecule has 0 unspecified atom stereocenters. The summed E-state index contributed by atoms with van der Waals surface area (Å²) in [4.78, 5) is 34.2. The van der Waals surface area contributed by atoms with Crippen molar-refractivity contribution in [3.63, 3.8) is 0 Å². The molecule has 0 bridgehead atoms. The largest absolute Gasteiger partial charge is 0.462 e. The average molecular weight is 486 g/mol. The number of nitrogens with one attached hydrogen (secondary N) is 1. The van der Waals surface area contributed by atoms with Gasteiger partial charge < -0.3 is 15.0 Å². The number of carbonyl (C=O) groups excluding carboxylic acids is 1. The molecular formula is C27H27N5O4. The summed E-state index contributed by atoms with van der Waals surface area (Å²) in [6.07, 6.45) is 1.30. The monoisotopic (exact) mass is 485 g/mol. The molecule has 4 aromatic rings. The first-order valence-corrected chi connectivity index (χ1v) is 11.7. The lowest BCUT2D eigenvalue weighted by molar-refractivity contribution is -0.383. The summed E-state index contributed by atoms with van der Waals surface area (Å²) in [5.74, 6) is 0.0576. The molecule has 1 N–H and O–H groups in total. The molecule has 0 aliphatic carbocycles. The van der Waals surface area contributed by atoms with Crippen LogP contribution in [0.3, 0.4) is 0 Å². The number of aromatic nitrogens is 2. The van der Waals surface area contributed by atoms with Crippen molar-refractivity contribution in [1.82, 2.24) is 9.97 Å². The summed E-state index contributed by atoms with van der Waals surface area (Å²) in [6, 6.07) is 20.2. The minimum absolute atomic E-state index is 0.0545. The number of hydrogen-bond acceptors (Lipinski definition) is 8. The number of nitrogens with zero attached hydrogens (tertiary/aromatic N) is 4. The molecule has 0 aliphatic heterocycles. The molecule has 0 radical (unpaired) electrons. The zero-order valence-electron chi connectivity index (χ0n) is 20.3. The van der Waals surface area contributed by atoms with Gasteiger partial charge >= 0.3 is 11.7 Å². The van der Waals surface area contributed by atoms with E-state index in [1.54, 1.807) is 29.2 Å². The minimum atomic E-state index is -0.483. The first-order chi connectivity index (χ1) is 17.4. The first kappa shape index (κ1) is 24.6. The average Bonchev–Trinajstić information content (AvgIpc) is 2.88. The number of anilines is 4. The van der Waals surface area contributed by atoms with Crippen molar-refractivity contribution in [3.05, 3.63) is 88.7 Å². The molecule has 0 aliphatic rings. The van der Waals surface area contributed by atoms with Crippen LogP contribution in [0.15, 0.2) is 73.1 Å². The highest BCUT2D eigenvalue weighted by molar-refractivity contribution is 5.97. The van der Waals surface area contributed by atoms with Crippen LogP contribution in [0.4, 0.5) is 28.7 Å². The molecule has 1 aromatic heterocycles. The topological polar surface area (TPSA) is 110 Å². The molecule has 1 heterocycles. The zero-order chi connectivity index (χ0) is 25.7. The first-order valence-electron chi connectivity index (χ1n) is 11.7. The van der Waals surface area contributed by atoms with Gasteiger partial charge in [-0.3, -0.25) is 10.1 Å². The second kappa shape index (κ2) is 10.8. The molecule has 0 saturated carbocycles. The number of rotatable bonds is 9. The van der Waals surface area contributed by atoms with Gasteiger partial charge in [0.1, 0.15) is 6.33 Å². The van der Waals surface area contributed by atoms with E-state index in [0.29, 0.717) is 24.4 Å². The van der Waals surface area contributed by atoms with Crippen molar-refractivity contribution in [2.24, 2.45) is 5.92 Å².